The molecule has 0 aromatic carbocycles. The third kappa shape index (κ3) is 2.23. The monoisotopic (exact) mass is 228 g/mol. The van der Waals surface area contributed by atoms with Crippen LogP contribution in [0.4, 0.5) is 5.13 Å². The van der Waals surface area contributed by atoms with Crippen molar-refractivity contribution in [1.82, 2.24) is 14.8 Å². The molecule has 7 heteroatoms. The first-order valence-electron chi connectivity index (χ1n) is 4.79. The van der Waals surface area contributed by atoms with Crippen LogP contribution in [-0.2, 0) is 9.53 Å². The first-order chi connectivity index (χ1) is 7.31. The molecule has 1 aliphatic heterocycles. The van der Waals surface area contributed by atoms with Gasteiger partial charge in [0.05, 0.1) is 13.0 Å². The van der Waals surface area contributed by atoms with E-state index >= 15 is 0 Å². The predicted octanol–water partition coefficient (Wildman–Crippen LogP) is 0.322. The fraction of sp³-hybridized carbons (Fsp3) is 0.750. The fourth-order valence-corrected chi connectivity index (χ4v) is 2.26. The van der Waals surface area contributed by atoms with E-state index in [9.17, 15) is 4.79 Å². The molecule has 1 saturated heterocycles. The molecule has 0 spiro atoms. The van der Waals surface area contributed by atoms with Crippen molar-refractivity contribution in [3.8, 4) is 0 Å². The standard InChI is InChI=1S/C8H12N4O2S/c1-14-7(13)6-3-2-4-12(5-6)8-9-10-11-15-8/h6H,2-5H2,1H3. The van der Waals surface area contributed by atoms with Crippen LogP contribution < -0.4 is 4.90 Å². The van der Waals surface area contributed by atoms with E-state index < -0.39 is 0 Å². The highest BCUT2D eigenvalue weighted by molar-refractivity contribution is 7.09. The Balaban J connectivity index is 2.01. The summed E-state index contributed by atoms with van der Waals surface area (Å²) >= 11 is 1.25. The molecular formula is C8H12N4O2S. The minimum absolute atomic E-state index is 0.0485. The molecule has 1 aliphatic rings. The topological polar surface area (TPSA) is 68.2 Å². The number of anilines is 1. The van der Waals surface area contributed by atoms with Gasteiger partial charge in [-0.2, -0.15) is 0 Å². The molecular weight excluding hydrogens is 216 g/mol. The number of hydrogen-bond acceptors (Lipinski definition) is 7. The molecule has 2 rings (SSSR count). The van der Waals surface area contributed by atoms with Gasteiger partial charge in [0, 0.05) is 24.6 Å². The Labute approximate surface area is 91.4 Å². The largest absolute Gasteiger partial charge is 0.469 e. The van der Waals surface area contributed by atoms with Crippen LogP contribution in [0.3, 0.4) is 0 Å². The Morgan fingerprint density at radius 1 is 1.67 bits per heavy atom. The van der Waals surface area contributed by atoms with E-state index in [1.54, 1.807) is 0 Å². The molecule has 2 heterocycles. The number of esters is 1. The smallest absolute Gasteiger partial charge is 0.310 e. The van der Waals surface area contributed by atoms with Crippen LogP contribution in [-0.4, -0.2) is 41.0 Å². The van der Waals surface area contributed by atoms with Gasteiger partial charge in [-0.15, -0.1) is 0 Å². The molecule has 1 unspecified atom stereocenters. The third-order valence-corrected chi connectivity index (χ3v) is 3.17. The number of rotatable bonds is 2. The summed E-state index contributed by atoms with van der Waals surface area (Å²) in [5.41, 5.74) is 0. The zero-order valence-electron chi connectivity index (χ0n) is 8.42. The summed E-state index contributed by atoms with van der Waals surface area (Å²) < 4.78 is 8.45. The molecule has 1 aromatic rings. The minimum Gasteiger partial charge on any atom is -0.469 e. The zero-order valence-corrected chi connectivity index (χ0v) is 9.24. The summed E-state index contributed by atoms with van der Waals surface area (Å²) in [4.78, 5) is 13.4. The van der Waals surface area contributed by atoms with Crippen LogP contribution in [0.1, 0.15) is 12.8 Å². The van der Waals surface area contributed by atoms with Gasteiger partial charge in [-0.1, -0.05) is 9.59 Å². The number of nitrogens with zero attached hydrogens (tertiary/aromatic N) is 4. The molecule has 0 radical (unpaired) electrons. The zero-order chi connectivity index (χ0) is 10.7. The van der Waals surface area contributed by atoms with Crippen LogP contribution in [0.15, 0.2) is 0 Å². The fourth-order valence-electron chi connectivity index (χ4n) is 1.76. The first-order valence-corrected chi connectivity index (χ1v) is 5.56. The van der Waals surface area contributed by atoms with Crippen molar-refractivity contribution in [1.29, 1.82) is 0 Å². The Bertz CT molecular complexity index is 329. The third-order valence-electron chi connectivity index (χ3n) is 2.52. The summed E-state index contributed by atoms with van der Waals surface area (Å²) in [5, 5.41) is 8.22. The summed E-state index contributed by atoms with van der Waals surface area (Å²) in [7, 11) is 1.42. The van der Waals surface area contributed by atoms with E-state index in [0.29, 0.717) is 6.54 Å². The molecule has 1 atom stereocenters. The molecule has 0 aliphatic carbocycles. The highest BCUT2D eigenvalue weighted by Gasteiger charge is 2.27. The van der Waals surface area contributed by atoms with Gasteiger partial charge in [0.25, 0.3) is 0 Å². The number of piperidine rings is 1. The molecule has 15 heavy (non-hydrogen) atoms. The molecule has 82 valence electrons. The Kier molecular flexibility index (Phi) is 3.10. The van der Waals surface area contributed by atoms with Gasteiger partial charge in [-0.05, 0) is 18.1 Å². The van der Waals surface area contributed by atoms with E-state index in [0.717, 1.165) is 24.5 Å². The molecule has 0 N–H and O–H groups in total. The van der Waals surface area contributed by atoms with Gasteiger partial charge < -0.3 is 9.64 Å². The second kappa shape index (κ2) is 4.52. The second-order valence-corrected chi connectivity index (χ2v) is 4.16. The van der Waals surface area contributed by atoms with Crippen molar-refractivity contribution in [3.63, 3.8) is 0 Å². The molecule has 0 amide bonds. The van der Waals surface area contributed by atoms with E-state index in [1.807, 2.05) is 4.90 Å². The quantitative estimate of drug-likeness (QED) is 0.679. The van der Waals surface area contributed by atoms with Gasteiger partial charge in [0.1, 0.15) is 0 Å². The molecule has 6 nitrogen and oxygen atoms in total. The molecule has 1 aromatic heterocycles. The number of aromatic nitrogens is 3. The van der Waals surface area contributed by atoms with Crippen LogP contribution >= 0.6 is 11.5 Å². The number of methoxy groups -OCH3 is 1. The number of ether oxygens (including phenoxy) is 1. The van der Waals surface area contributed by atoms with E-state index in [-0.39, 0.29) is 11.9 Å². The van der Waals surface area contributed by atoms with Crippen molar-refractivity contribution in [2.75, 3.05) is 25.1 Å². The van der Waals surface area contributed by atoms with Crippen molar-refractivity contribution < 1.29 is 9.53 Å². The van der Waals surface area contributed by atoms with Crippen molar-refractivity contribution in [2.24, 2.45) is 5.92 Å². The first kappa shape index (κ1) is 10.3. The van der Waals surface area contributed by atoms with Crippen molar-refractivity contribution >= 4 is 22.6 Å². The average Bonchev–Trinajstić information content (AvgIpc) is 2.82. The molecule has 0 bridgehead atoms. The molecule has 1 fully saturated rings. The minimum atomic E-state index is -0.142. The summed E-state index contributed by atoms with van der Waals surface area (Å²) in [6, 6.07) is 0. The molecule has 0 saturated carbocycles. The van der Waals surface area contributed by atoms with Crippen LogP contribution in [0.25, 0.3) is 0 Å². The lowest BCUT2D eigenvalue weighted by Gasteiger charge is -2.30. The maximum Gasteiger partial charge on any atom is 0.310 e. The van der Waals surface area contributed by atoms with Crippen LogP contribution in [0.2, 0.25) is 0 Å². The Morgan fingerprint density at radius 2 is 2.53 bits per heavy atom. The predicted molar refractivity (Wildman–Crippen MR) is 54.7 cm³/mol. The Hall–Kier alpha value is -1.24. The van der Waals surface area contributed by atoms with Crippen molar-refractivity contribution in [3.05, 3.63) is 0 Å². The lowest BCUT2D eigenvalue weighted by Crippen LogP contribution is -2.39. The van der Waals surface area contributed by atoms with Crippen LogP contribution in [0, 0.1) is 5.92 Å². The number of hydrogen-bond donors (Lipinski definition) is 0. The SMILES string of the molecule is COC(=O)C1CCCN(c2nnns2)C1. The average molecular weight is 228 g/mol. The summed E-state index contributed by atoms with van der Waals surface area (Å²) in [6.45, 7) is 1.56. The van der Waals surface area contributed by atoms with Gasteiger partial charge in [0.2, 0.25) is 5.13 Å². The lowest BCUT2D eigenvalue weighted by molar-refractivity contribution is -0.145. The Morgan fingerprint density at radius 3 is 3.20 bits per heavy atom. The van der Waals surface area contributed by atoms with Gasteiger partial charge in [0.15, 0.2) is 0 Å². The summed E-state index contributed by atoms with van der Waals surface area (Å²) in [6.07, 6.45) is 1.86. The lowest BCUT2D eigenvalue weighted by atomic mass is 9.99. The van der Waals surface area contributed by atoms with Gasteiger partial charge >= 0.3 is 5.97 Å². The normalized spacial score (nSPS) is 21.4. The van der Waals surface area contributed by atoms with Gasteiger partial charge in [-0.25, -0.2) is 0 Å². The maximum atomic E-state index is 11.4. The highest BCUT2D eigenvalue weighted by atomic mass is 32.1. The van der Waals surface area contributed by atoms with E-state index in [1.165, 1.54) is 18.6 Å². The maximum absolute atomic E-state index is 11.4. The summed E-state index contributed by atoms with van der Waals surface area (Å²) in [5.74, 6) is -0.190. The van der Waals surface area contributed by atoms with Crippen LogP contribution in [0.5, 0.6) is 0 Å². The van der Waals surface area contributed by atoms with Crippen molar-refractivity contribution in [2.45, 2.75) is 12.8 Å². The van der Waals surface area contributed by atoms with E-state index in [4.69, 9.17) is 4.74 Å². The number of carbonyl (C=O) groups is 1. The highest BCUT2D eigenvalue weighted by Crippen LogP contribution is 2.23. The second-order valence-electron chi connectivity index (χ2n) is 3.45. The number of carbonyl (C=O) groups excluding carboxylic acids is 1. The van der Waals surface area contributed by atoms with E-state index in [2.05, 4.69) is 14.8 Å². The van der Waals surface area contributed by atoms with Gasteiger partial charge in [-0.3, -0.25) is 4.79 Å².